The number of aliphatic hydroxyl groups is 1. The lowest BCUT2D eigenvalue weighted by Crippen LogP contribution is -2.41. The van der Waals surface area contributed by atoms with E-state index in [9.17, 15) is 9.00 Å². The third kappa shape index (κ3) is 3.63. The van der Waals surface area contributed by atoms with Crippen LogP contribution < -0.4 is 0 Å². The zero-order valence-corrected chi connectivity index (χ0v) is 11.2. The largest absolute Gasteiger partial charge is 0.384 e. The first-order valence-electron chi connectivity index (χ1n) is 5.90. The summed E-state index contributed by atoms with van der Waals surface area (Å²) in [6, 6.07) is 1.66. The molecule has 1 aliphatic rings. The number of aliphatic hydroxyl groups excluding tert-OH is 1. The summed E-state index contributed by atoms with van der Waals surface area (Å²) in [6.07, 6.45) is 3.04. The minimum absolute atomic E-state index is 0.114. The van der Waals surface area contributed by atoms with Crippen molar-refractivity contribution in [3.8, 4) is 11.8 Å². The summed E-state index contributed by atoms with van der Waals surface area (Å²) in [5.41, 5.74) is 1.07. The molecule has 100 valence electrons. The first-order valence-corrected chi connectivity index (χ1v) is 7.38. The summed E-state index contributed by atoms with van der Waals surface area (Å²) in [7, 11) is -0.802. The summed E-state index contributed by atoms with van der Waals surface area (Å²) in [5, 5.41) is 8.64. The maximum atomic E-state index is 12.2. The molecule has 0 saturated carbocycles. The second-order valence-corrected chi connectivity index (χ2v) is 5.76. The summed E-state index contributed by atoms with van der Waals surface area (Å²) in [4.78, 5) is 17.9. The molecule has 0 radical (unpaired) electrons. The topological polar surface area (TPSA) is 70.5 Å². The highest BCUT2D eigenvalue weighted by Gasteiger charge is 2.21. The molecule has 0 spiro atoms. The standard InChI is InChI=1S/C13H14N2O3S/c16-5-1-2-11-8-12(10-14-9-11)13(17)15-3-6-19(18)7-4-15/h8-10,16H,3-7H2. The van der Waals surface area contributed by atoms with Crippen molar-refractivity contribution in [2.45, 2.75) is 0 Å². The molecule has 0 unspecified atom stereocenters. The van der Waals surface area contributed by atoms with Gasteiger partial charge in [-0.2, -0.15) is 0 Å². The van der Waals surface area contributed by atoms with Gasteiger partial charge in [0.05, 0.1) is 5.56 Å². The van der Waals surface area contributed by atoms with Crippen LogP contribution in [-0.4, -0.2) is 56.3 Å². The molecule has 6 heteroatoms. The molecule has 1 aromatic rings. The molecular formula is C13H14N2O3S. The lowest BCUT2D eigenvalue weighted by molar-refractivity contribution is 0.0771. The lowest BCUT2D eigenvalue weighted by atomic mass is 10.2. The van der Waals surface area contributed by atoms with Gasteiger partial charge in [-0.1, -0.05) is 11.8 Å². The number of hydrogen-bond donors (Lipinski definition) is 1. The minimum Gasteiger partial charge on any atom is -0.384 e. The monoisotopic (exact) mass is 278 g/mol. The lowest BCUT2D eigenvalue weighted by Gasteiger charge is -2.26. The summed E-state index contributed by atoms with van der Waals surface area (Å²) in [6.45, 7) is 0.798. The van der Waals surface area contributed by atoms with Gasteiger partial charge < -0.3 is 10.0 Å². The Bertz CT molecular complexity index is 552. The van der Waals surface area contributed by atoms with Crippen LogP contribution in [0.25, 0.3) is 0 Å². The molecule has 2 rings (SSSR count). The van der Waals surface area contributed by atoms with Crippen LogP contribution in [-0.2, 0) is 10.8 Å². The van der Waals surface area contributed by atoms with E-state index in [-0.39, 0.29) is 12.5 Å². The Morgan fingerprint density at radius 3 is 2.84 bits per heavy atom. The van der Waals surface area contributed by atoms with Gasteiger partial charge in [0.25, 0.3) is 5.91 Å². The van der Waals surface area contributed by atoms with Crippen molar-refractivity contribution in [1.29, 1.82) is 0 Å². The molecule has 0 aromatic carbocycles. The molecule has 0 bridgehead atoms. The molecule has 1 aromatic heterocycles. The SMILES string of the molecule is O=C(c1cncc(C#CCO)c1)N1CCS(=O)CC1. The quantitative estimate of drug-likeness (QED) is 0.712. The highest BCUT2D eigenvalue weighted by molar-refractivity contribution is 7.85. The molecule has 19 heavy (non-hydrogen) atoms. The van der Waals surface area contributed by atoms with Gasteiger partial charge in [0.1, 0.15) is 6.61 Å². The van der Waals surface area contributed by atoms with E-state index in [1.165, 1.54) is 6.20 Å². The van der Waals surface area contributed by atoms with Crippen LogP contribution in [0, 0.1) is 11.8 Å². The van der Waals surface area contributed by atoms with E-state index < -0.39 is 10.8 Å². The number of pyridine rings is 1. The van der Waals surface area contributed by atoms with Crippen molar-refractivity contribution in [1.82, 2.24) is 9.88 Å². The van der Waals surface area contributed by atoms with Crippen LogP contribution in [0.3, 0.4) is 0 Å². The summed E-state index contributed by atoms with van der Waals surface area (Å²) in [5.74, 6) is 6.18. The molecule has 0 atom stereocenters. The molecule has 1 amide bonds. The Hall–Kier alpha value is -1.71. The number of aromatic nitrogens is 1. The van der Waals surface area contributed by atoms with E-state index >= 15 is 0 Å². The first kappa shape index (κ1) is 13.7. The first-order chi connectivity index (χ1) is 9.20. The van der Waals surface area contributed by atoms with Crippen molar-refractivity contribution < 1.29 is 14.1 Å². The second kappa shape index (κ2) is 6.45. The van der Waals surface area contributed by atoms with Crippen LogP contribution in [0.5, 0.6) is 0 Å². The van der Waals surface area contributed by atoms with Gasteiger partial charge in [0.15, 0.2) is 0 Å². The van der Waals surface area contributed by atoms with E-state index in [0.29, 0.717) is 35.7 Å². The highest BCUT2D eigenvalue weighted by Crippen LogP contribution is 2.09. The Balaban J connectivity index is 2.12. The third-order valence-electron chi connectivity index (χ3n) is 2.76. The van der Waals surface area contributed by atoms with Gasteiger partial charge in [0, 0.05) is 53.4 Å². The van der Waals surface area contributed by atoms with Crippen LogP contribution >= 0.6 is 0 Å². The van der Waals surface area contributed by atoms with Gasteiger partial charge >= 0.3 is 0 Å². The molecule has 1 fully saturated rings. The van der Waals surface area contributed by atoms with E-state index in [1.54, 1.807) is 17.2 Å². The van der Waals surface area contributed by atoms with Crippen LogP contribution in [0.15, 0.2) is 18.5 Å². The molecule has 1 saturated heterocycles. The normalized spacial score (nSPS) is 15.7. The molecule has 2 heterocycles. The number of hydrogen-bond acceptors (Lipinski definition) is 4. The van der Waals surface area contributed by atoms with Crippen LogP contribution in [0.1, 0.15) is 15.9 Å². The maximum Gasteiger partial charge on any atom is 0.255 e. The Morgan fingerprint density at radius 1 is 1.42 bits per heavy atom. The van der Waals surface area contributed by atoms with E-state index in [2.05, 4.69) is 16.8 Å². The van der Waals surface area contributed by atoms with Crippen molar-refractivity contribution in [3.63, 3.8) is 0 Å². The van der Waals surface area contributed by atoms with E-state index in [4.69, 9.17) is 5.11 Å². The van der Waals surface area contributed by atoms with Crippen molar-refractivity contribution >= 4 is 16.7 Å². The average molecular weight is 278 g/mol. The predicted molar refractivity (Wildman–Crippen MR) is 72.0 cm³/mol. The van der Waals surface area contributed by atoms with Gasteiger partial charge in [-0.25, -0.2) is 0 Å². The van der Waals surface area contributed by atoms with Crippen molar-refractivity contribution in [2.75, 3.05) is 31.2 Å². The van der Waals surface area contributed by atoms with Gasteiger partial charge in [0.2, 0.25) is 0 Å². The average Bonchev–Trinajstić information content (AvgIpc) is 2.45. The van der Waals surface area contributed by atoms with Crippen molar-refractivity contribution in [3.05, 3.63) is 29.6 Å². The fourth-order valence-electron chi connectivity index (χ4n) is 1.79. The molecule has 1 N–H and O–H groups in total. The van der Waals surface area contributed by atoms with Gasteiger partial charge in [-0.05, 0) is 6.07 Å². The van der Waals surface area contributed by atoms with Crippen molar-refractivity contribution in [2.24, 2.45) is 0 Å². The Morgan fingerprint density at radius 2 is 2.16 bits per heavy atom. The molecule has 0 aliphatic carbocycles. The van der Waals surface area contributed by atoms with Crippen LogP contribution in [0.4, 0.5) is 0 Å². The smallest absolute Gasteiger partial charge is 0.255 e. The van der Waals surface area contributed by atoms with E-state index in [1.807, 2.05) is 0 Å². The number of carbonyl (C=O) groups excluding carboxylic acids is 1. The highest BCUT2D eigenvalue weighted by atomic mass is 32.2. The Labute approximate surface area is 114 Å². The number of nitrogens with zero attached hydrogens (tertiary/aromatic N) is 2. The predicted octanol–water partition coefficient (Wildman–Crippen LogP) is -0.370. The Kier molecular flexibility index (Phi) is 4.66. The van der Waals surface area contributed by atoms with Gasteiger partial charge in [-0.15, -0.1) is 0 Å². The second-order valence-electron chi connectivity index (χ2n) is 4.06. The summed E-state index contributed by atoms with van der Waals surface area (Å²) >= 11 is 0. The zero-order chi connectivity index (χ0) is 13.7. The minimum atomic E-state index is -0.802. The fourth-order valence-corrected chi connectivity index (χ4v) is 2.84. The summed E-state index contributed by atoms with van der Waals surface area (Å²) < 4.78 is 11.3. The number of rotatable bonds is 1. The van der Waals surface area contributed by atoms with E-state index in [0.717, 1.165) is 0 Å². The zero-order valence-electron chi connectivity index (χ0n) is 10.3. The third-order valence-corrected chi connectivity index (χ3v) is 4.04. The van der Waals surface area contributed by atoms with Gasteiger partial charge in [-0.3, -0.25) is 14.0 Å². The maximum absolute atomic E-state index is 12.2. The molecular weight excluding hydrogens is 264 g/mol. The fraction of sp³-hybridized carbons (Fsp3) is 0.385. The number of carbonyl (C=O) groups is 1. The number of amides is 1. The molecule has 5 nitrogen and oxygen atoms in total. The van der Waals surface area contributed by atoms with Crippen LogP contribution in [0.2, 0.25) is 0 Å². The molecule has 1 aliphatic heterocycles.